The lowest BCUT2D eigenvalue weighted by Gasteiger charge is -2.17. The molecule has 2 rings (SSSR count). The summed E-state index contributed by atoms with van der Waals surface area (Å²) in [4.78, 5) is 23.5. The topological polar surface area (TPSA) is 52.6 Å². The van der Waals surface area contributed by atoms with Crippen LogP contribution in [0.25, 0.3) is 0 Å². The lowest BCUT2D eigenvalue weighted by atomic mass is 9.93. The Bertz CT molecular complexity index is 622. The second kappa shape index (κ2) is 9.48. The molecule has 0 N–H and O–H groups in total. The Balaban J connectivity index is 1.64. The van der Waals surface area contributed by atoms with E-state index in [1.165, 1.54) is 24.0 Å². The van der Waals surface area contributed by atoms with Crippen LogP contribution in [0.5, 0.6) is 5.75 Å². The Kier molecular flexibility index (Phi) is 7.32. The molecule has 0 heterocycles. The van der Waals surface area contributed by atoms with Gasteiger partial charge in [0.25, 0.3) is 0 Å². The second-order valence-electron chi connectivity index (χ2n) is 6.04. The predicted molar refractivity (Wildman–Crippen MR) is 93.1 cm³/mol. The van der Waals surface area contributed by atoms with Crippen molar-refractivity contribution in [2.24, 2.45) is 0 Å². The fourth-order valence-corrected chi connectivity index (χ4v) is 2.82. The molecule has 0 saturated heterocycles. The van der Waals surface area contributed by atoms with Crippen LogP contribution < -0.4 is 4.74 Å². The van der Waals surface area contributed by atoms with Crippen molar-refractivity contribution < 1.29 is 19.1 Å². The van der Waals surface area contributed by atoms with E-state index in [9.17, 15) is 9.59 Å². The number of ether oxygens (including phenoxy) is 2. The first-order chi connectivity index (χ1) is 11.5. The molecule has 0 amide bonds. The zero-order valence-corrected chi connectivity index (χ0v) is 14.7. The van der Waals surface area contributed by atoms with Gasteiger partial charge in [0, 0.05) is 17.9 Å². The number of hydrogen-bond acceptors (Lipinski definition) is 4. The molecule has 0 radical (unpaired) electrons. The van der Waals surface area contributed by atoms with Gasteiger partial charge in [0.1, 0.15) is 12.4 Å². The van der Waals surface area contributed by atoms with Crippen molar-refractivity contribution in [1.82, 2.24) is 0 Å². The first-order valence-corrected chi connectivity index (χ1v) is 8.72. The van der Waals surface area contributed by atoms with Crippen LogP contribution in [0.4, 0.5) is 0 Å². The minimum Gasteiger partial charge on any atom is -0.461 e. The van der Waals surface area contributed by atoms with Gasteiger partial charge >= 0.3 is 11.9 Å². The Hall–Kier alpha value is -1.81. The molecule has 0 aromatic heterocycles. The molecule has 1 aromatic carbocycles. The zero-order valence-electron chi connectivity index (χ0n) is 14.0. The lowest BCUT2D eigenvalue weighted by molar-refractivity contribution is -0.143. The average Bonchev–Trinajstić information content (AvgIpc) is 2.54. The molecule has 1 aliphatic carbocycles. The Morgan fingerprint density at radius 3 is 2.62 bits per heavy atom. The normalized spacial score (nSPS) is 14.4. The first kappa shape index (κ1) is 18.5. The van der Waals surface area contributed by atoms with Gasteiger partial charge in [-0.15, -0.1) is 0 Å². The van der Waals surface area contributed by atoms with Crippen LogP contribution in [-0.2, 0) is 14.3 Å². The molecule has 0 atom stereocenters. The summed E-state index contributed by atoms with van der Waals surface area (Å²) in [5, 5.41) is 0.510. The molecule has 130 valence electrons. The average molecular weight is 351 g/mol. The quantitative estimate of drug-likeness (QED) is 0.400. The van der Waals surface area contributed by atoms with Crippen LogP contribution in [0.15, 0.2) is 35.4 Å². The molecule has 0 unspecified atom stereocenters. The van der Waals surface area contributed by atoms with Crippen molar-refractivity contribution in [3.63, 3.8) is 0 Å². The number of halogens is 1. The fraction of sp³-hybridized carbons (Fsp3) is 0.474. The van der Waals surface area contributed by atoms with Crippen molar-refractivity contribution in [2.75, 3.05) is 6.61 Å². The maximum atomic E-state index is 11.8. The molecule has 0 spiro atoms. The van der Waals surface area contributed by atoms with Crippen molar-refractivity contribution in [2.45, 2.75) is 51.9 Å². The zero-order chi connectivity index (χ0) is 17.4. The summed E-state index contributed by atoms with van der Waals surface area (Å²) in [5.74, 6) is -0.234. The number of carbonyl (C=O) groups is 2. The highest BCUT2D eigenvalue weighted by atomic mass is 35.5. The number of hydrogen-bond donors (Lipinski definition) is 0. The first-order valence-electron chi connectivity index (χ1n) is 8.34. The molecule has 0 bridgehead atoms. The SMILES string of the molecule is CC1=C(COC(=O)CCCC(=O)Oc2cccc(Cl)c2)CCCC1. The third-order valence-electron chi connectivity index (χ3n) is 4.08. The van der Waals surface area contributed by atoms with E-state index in [-0.39, 0.29) is 24.8 Å². The molecular weight excluding hydrogens is 328 g/mol. The second-order valence-corrected chi connectivity index (χ2v) is 6.47. The molecule has 1 aliphatic rings. The molecule has 1 aromatic rings. The predicted octanol–water partition coefficient (Wildman–Crippen LogP) is 4.85. The summed E-state index contributed by atoms with van der Waals surface area (Å²) in [6.07, 6.45) is 5.31. The van der Waals surface area contributed by atoms with Gasteiger partial charge in [0.2, 0.25) is 0 Å². The maximum absolute atomic E-state index is 11.8. The van der Waals surface area contributed by atoms with E-state index >= 15 is 0 Å². The van der Waals surface area contributed by atoms with Crippen LogP contribution in [0.3, 0.4) is 0 Å². The van der Waals surface area contributed by atoms with E-state index in [0.717, 1.165) is 12.8 Å². The molecule has 5 heteroatoms. The van der Waals surface area contributed by atoms with Crippen LogP contribution in [0, 0.1) is 0 Å². The summed E-state index contributed by atoms with van der Waals surface area (Å²) in [5.41, 5.74) is 2.59. The summed E-state index contributed by atoms with van der Waals surface area (Å²) >= 11 is 5.83. The van der Waals surface area contributed by atoms with E-state index in [4.69, 9.17) is 21.1 Å². The summed E-state index contributed by atoms with van der Waals surface area (Å²) in [6, 6.07) is 6.66. The smallest absolute Gasteiger partial charge is 0.311 e. The number of rotatable bonds is 7. The Morgan fingerprint density at radius 2 is 1.88 bits per heavy atom. The number of allylic oxidation sites excluding steroid dienone is 1. The Morgan fingerprint density at radius 1 is 1.12 bits per heavy atom. The van der Waals surface area contributed by atoms with Crippen LogP contribution in [0.2, 0.25) is 5.02 Å². The highest BCUT2D eigenvalue weighted by molar-refractivity contribution is 6.30. The third-order valence-corrected chi connectivity index (χ3v) is 4.32. The molecule has 0 fully saturated rings. The molecular formula is C19H23ClO4. The summed E-state index contributed by atoms with van der Waals surface area (Å²) < 4.78 is 10.5. The van der Waals surface area contributed by atoms with Gasteiger partial charge in [-0.2, -0.15) is 0 Å². The third kappa shape index (κ3) is 6.36. The van der Waals surface area contributed by atoms with E-state index in [0.29, 0.717) is 23.8 Å². The highest BCUT2D eigenvalue weighted by Gasteiger charge is 2.12. The van der Waals surface area contributed by atoms with Crippen LogP contribution >= 0.6 is 11.6 Å². The van der Waals surface area contributed by atoms with Gasteiger partial charge < -0.3 is 9.47 Å². The van der Waals surface area contributed by atoms with Gasteiger partial charge in [0.15, 0.2) is 0 Å². The monoisotopic (exact) mass is 350 g/mol. The molecule has 4 nitrogen and oxygen atoms in total. The standard InChI is InChI=1S/C19H23ClO4/c1-14-6-2-3-7-15(14)13-23-18(21)10-5-11-19(22)24-17-9-4-8-16(20)12-17/h4,8-9,12H,2-3,5-7,10-11,13H2,1H3. The summed E-state index contributed by atoms with van der Waals surface area (Å²) in [7, 11) is 0. The van der Waals surface area contributed by atoms with E-state index in [1.807, 2.05) is 0 Å². The summed E-state index contributed by atoms with van der Waals surface area (Å²) in [6.45, 7) is 2.49. The van der Waals surface area contributed by atoms with Crippen molar-refractivity contribution in [3.05, 3.63) is 40.4 Å². The lowest BCUT2D eigenvalue weighted by Crippen LogP contribution is -2.12. The molecule has 24 heavy (non-hydrogen) atoms. The van der Waals surface area contributed by atoms with E-state index < -0.39 is 0 Å². The number of esters is 2. The van der Waals surface area contributed by atoms with E-state index in [2.05, 4.69) is 6.92 Å². The van der Waals surface area contributed by atoms with Crippen molar-refractivity contribution >= 4 is 23.5 Å². The molecule has 0 aliphatic heterocycles. The molecule has 0 saturated carbocycles. The van der Waals surface area contributed by atoms with Gasteiger partial charge in [-0.25, -0.2) is 0 Å². The van der Waals surface area contributed by atoms with Gasteiger partial charge in [-0.3, -0.25) is 9.59 Å². The van der Waals surface area contributed by atoms with E-state index in [1.54, 1.807) is 24.3 Å². The maximum Gasteiger partial charge on any atom is 0.311 e. The largest absolute Gasteiger partial charge is 0.461 e. The number of carbonyl (C=O) groups excluding carboxylic acids is 2. The fourth-order valence-electron chi connectivity index (χ4n) is 2.64. The minimum absolute atomic E-state index is 0.170. The number of benzene rings is 1. The minimum atomic E-state index is -0.379. The Labute approximate surface area is 147 Å². The van der Waals surface area contributed by atoms with Crippen molar-refractivity contribution in [3.8, 4) is 5.75 Å². The highest BCUT2D eigenvalue weighted by Crippen LogP contribution is 2.24. The van der Waals surface area contributed by atoms with Gasteiger partial charge in [-0.05, 0) is 62.8 Å². The van der Waals surface area contributed by atoms with Crippen LogP contribution in [0.1, 0.15) is 51.9 Å². The van der Waals surface area contributed by atoms with Crippen LogP contribution in [-0.4, -0.2) is 18.5 Å². The van der Waals surface area contributed by atoms with Gasteiger partial charge in [0.05, 0.1) is 0 Å². The van der Waals surface area contributed by atoms with Crippen molar-refractivity contribution in [1.29, 1.82) is 0 Å². The van der Waals surface area contributed by atoms with Gasteiger partial charge in [-0.1, -0.05) is 23.2 Å².